The third-order valence-electron chi connectivity index (χ3n) is 4.14. The van der Waals surface area contributed by atoms with Crippen LogP contribution in [0, 0.1) is 0 Å². The Kier molecular flexibility index (Phi) is 6.78. The fraction of sp³-hybridized carbons (Fsp3) is 0. The number of halogens is 4. The Morgan fingerprint density at radius 3 is 1.14 bits per heavy atom. The normalized spacial score (nSPS) is 10.8. The zero-order valence-corrected chi connectivity index (χ0v) is 16.1. The molecule has 0 radical (unpaired) electrons. The molecule has 0 aliphatic rings. The van der Waals surface area contributed by atoms with Crippen LogP contribution in [0.15, 0.2) is 102 Å². The standard InChI is InChI=1S/C23H17S.BF4/c1-4-10-18(11-5-1)21-16-24-17-22(19-12-6-2-7-13-19)23(21)20-14-8-3-9-15-20;2-1(3,4)5/h1-17H;/q+1;-1. The zero-order valence-electron chi connectivity index (χ0n) is 15.3. The molecule has 4 aromatic rings. The van der Waals surface area contributed by atoms with Crippen molar-refractivity contribution in [2.45, 2.75) is 0 Å². The van der Waals surface area contributed by atoms with Gasteiger partial charge >= 0.3 is 7.25 Å². The van der Waals surface area contributed by atoms with Crippen LogP contribution in [0.1, 0.15) is 0 Å². The van der Waals surface area contributed by atoms with E-state index in [1.54, 1.807) is 11.3 Å². The second-order valence-corrected chi connectivity index (χ2v) is 6.91. The third kappa shape index (κ3) is 5.99. The molecule has 0 amide bonds. The Balaban J connectivity index is 0.000000431. The second kappa shape index (κ2) is 9.48. The van der Waals surface area contributed by atoms with Gasteiger partial charge in [0, 0.05) is 16.7 Å². The summed E-state index contributed by atoms with van der Waals surface area (Å²) in [6.45, 7) is 0. The molecule has 0 bridgehead atoms. The molecule has 3 aromatic carbocycles. The highest BCUT2D eigenvalue weighted by Crippen LogP contribution is 2.40. The largest absolute Gasteiger partial charge is 0.673 e. The topological polar surface area (TPSA) is 0 Å². The van der Waals surface area contributed by atoms with Crippen LogP contribution < -0.4 is 0 Å². The lowest BCUT2D eigenvalue weighted by Gasteiger charge is -2.12. The lowest BCUT2D eigenvalue weighted by Crippen LogP contribution is -2.02. The van der Waals surface area contributed by atoms with Gasteiger partial charge in [0.2, 0.25) is 22.1 Å². The number of rotatable bonds is 3. The molecule has 4 rings (SSSR count). The predicted molar refractivity (Wildman–Crippen MR) is 115 cm³/mol. The highest BCUT2D eigenvalue weighted by Gasteiger charge is 2.20. The van der Waals surface area contributed by atoms with Crippen molar-refractivity contribution < 1.29 is 17.3 Å². The van der Waals surface area contributed by atoms with Crippen LogP contribution in [-0.2, 0) is 0 Å². The average molecular weight is 412 g/mol. The van der Waals surface area contributed by atoms with Crippen molar-refractivity contribution in [3.05, 3.63) is 102 Å². The van der Waals surface area contributed by atoms with Crippen LogP contribution in [0.5, 0.6) is 0 Å². The summed E-state index contributed by atoms with van der Waals surface area (Å²) in [7, 11) is -6.00. The monoisotopic (exact) mass is 412 g/mol. The van der Waals surface area contributed by atoms with Crippen LogP contribution in [0.2, 0.25) is 0 Å². The summed E-state index contributed by atoms with van der Waals surface area (Å²) < 4.78 is 39.0. The summed E-state index contributed by atoms with van der Waals surface area (Å²) in [4.78, 5) is 0. The minimum Gasteiger partial charge on any atom is -0.418 e. The summed E-state index contributed by atoms with van der Waals surface area (Å²) in [5, 5.41) is 4.51. The molecule has 0 aliphatic heterocycles. The molecule has 0 saturated heterocycles. The molecule has 29 heavy (non-hydrogen) atoms. The molecule has 1 heterocycles. The van der Waals surface area contributed by atoms with Crippen molar-refractivity contribution in [2.24, 2.45) is 0 Å². The van der Waals surface area contributed by atoms with Crippen molar-refractivity contribution in [1.82, 2.24) is 0 Å². The summed E-state index contributed by atoms with van der Waals surface area (Å²) in [6.07, 6.45) is 0. The number of benzene rings is 3. The zero-order chi connectivity index (χ0) is 20.7. The van der Waals surface area contributed by atoms with E-state index >= 15 is 0 Å². The molecule has 0 saturated carbocycles. The molecule has 146 valence electrons. The van der Waals surface area contributed by atoms with E-state index in [0.29, 0.717) is 0 Å². The summed E-state index contributed by atoms with van der Waals surface area (Å²) in [5.74, 6) is 0. The van der Waals surface area contributed by atoms with Crippen molar-refractivity contribution in [3.63, 3.8) is 0 Å². The first-order valence-corrected chi connectivity index (χ1v) is 9.85. The molecule has 0 atom stereocenters. The first-order chi connectivity index (χ1) is 13.9. The lowest BCUT2D eigenvalue weighted by molar-refractivity contribution is 0.368. The van der Waals surface area contributed by atoms with Gasteiger partial charge in [-0.3, -0.25) is 0 Å². The van der Waals surface area contributed by atoms with Gasteiger partial charge < -0.3 is 17.3 Å². The van der Waals surface area contributed by atoms with Crippen LogP contribution in [0.3, 0.4) is 0 Å². The Morgan fingerprint density at radius 1 is 0.483 bits per heavy atom. The summed E-state index contributed by atoms with van der Waals surface area (Å²) in [6, 6.07) is 31.9. The smallest absolute Gasteiger partial charge is 0.418 e. The van der Waals surface area contributed by atoms with Crippen molar-refractivity contribution in [1.29, 1.82) is 0 Å². The predicted octanol–water partition coefficient (Wildman–Crippen LogP) is 8.33. The fourth-order valence-corrected chi connectivity index (χ4v) is 3.86. The van der Waals surface area contributed by atoms with E-state index < -0.39 is 7.25 Å². The van der Waals surface area contributed by atoms with Crippen molar-refractivity contribution in [3.8, 4) is 33.4 Å². The van der Waals surface area contributed by atoms with Gasteiger partial charge in [-0.1, -0.05) is 91.0 Å². The Hall–Kier alpha value is -2.99. The molecule has 6 heteroatoms. The first-order valence-electron chi connectivity index (χ1n) is 8.90. The van der Waals surface area contributed by atoms with Gasteiger partial charge in [-0.2, -0.15) is 0 Å². The molecule has 1 aromatic heterocycles. The maximum Gasteiger partial charge on any atom is 0.673 e. The van der Waals surface area contributed by atoms with Gasteiger partial charge in [0.1, 0.15) is 0 Å². The Morgan fingerprint density at radius 2 is 0.793 bits per heavy atom. The van der Waals surface area contributed by atoms with Gasteiger partial charge in [-0.05, 0) is 16.7 Å². The van der Waals surface area contributed by atoms with Crippen LogP contribution >= 0.6 is 11.3 Å². The highest BCUT2D eigenvalue weighted by molar-refractivity contribution is 7.08. The van der Waals surface area contributed by atoms with Gasteiger partial charge in [0.15, 0.2) is 0 Å². The molecule has 0 N–H and O–H groups in total. The SMILES string of the molecule is F[B-](F)(F)F.c1ccc(-c2c[s+]cc(-c3ccccc3)c2-c2ccccc2)cc1. The first kappa shape index (κ1) is 20.7. The molecule has 0 unspecified atom stereocenters. The van der Waals surface area contributed by atoms with E-state index in [-0.39, 0.29) is 0 Å². The van der Waals surface area contributed by atoms with Crippen molar-refractivity contribution in [2.75, 3.05) is 0 Å². The lowest BCUT2D eigenvalue weighted by atomic mass is 9.91. The summed E-state index contributed by atoms with van der Waals surface area (Å²) in [5.41, 5.74) is 7.63. The number of hydrogen-bond donors (Lipinski definition) is 0. The molecule has 0 nitrogen and oxygen atoms in total. The second-order valence-electron chi connectivity index (χ2n) is 6.17. The molecule has 0 aliphatic carbocycles. The van der Waals surface area contributed by atoms with E-state index in [4.69, 9.17) is 0 Å². The van der Waals surface area contributed by atoms with Gasteiger partial charge in [0.25, 0.3) is 0 Å². The van der Waals surface area contributed by atoms with E-state index in [1.807, 2.05) is 0 Å². The van der Waals surface area contributed by atoms with Crippen LogP contribution in [0.4, 0.5) is 17.3 Å². The maximum absolute atomic E-state index is 9.75. The number of hydrogen-bond acceptors (Lipinski definition) is 0. The van der Waals surface area contributed by atoms with Crippen LogP contribution in [0.25, 0.3) is 33.4 Å². The Bertz CT molecular complexity index is 973. The van der Waals surface area contributed by atoms with Gasteiger partial charge in [-0.15, -0.1) is 0 Å². The third-order valence-corrected chi connectivity index (χ3v) is 4.89. The molecule has 0 fully saturated rings. The highest BCUT2D eigenvalue weighted by atomic mass is 32.1. The average Bonchev–Trinajstić information content (AvgIpc) is 2.74. The molecular weight excluding hydrogens is 395 g/mol. The maximum atomic E-state index is 9.75. The minimum atomic E-state index is -6.00. The van der Waals surface area contributed by atoms with Crippen molar-refractivity contribution >= 4 is 18.6 Å². The van der Waals surface area contributed by atoms with Crippen LogP contribution in [-0.4, -0.2) is 7.25 Å². The molecular formula is C23H17BF4S. The summed E-state index contributed by atoms with van der Waals surface area (Å²) >= 11 is 1.75. The van der Waals surface area contributed by atoms with Gasteiger partial charge in [0.05, 0.1) is 0 Å². The molecule has 0 spiro atoms. The quantitative estimate of drug-likeness (QED) is 0.180. The van der Waals surface area contributed by atoms with E-state index in [9.17, 15) is 17.3 Å². The Labute approximate surface area is 171 Å². The van der Waals surface area contributed by atoms with Gasteiger partial charge in [-0.25, -0.2) is 0 Å². The van der Waals surface area contributed by atoms with E-state index in [1.165, 1.54) is 33.4 Å². The fourth-order valence-electron chi connectivity index (χ4n) is 3.01. The van der Waals surface area contributed by atoms with E-state index in [0.717, 1.165) is 0 Å². The minimum absolute atomic E-state index is 1.25. The van der Waals surface area contributed by atoms with E-state index in [2.05, 4.69) is 102 Å².